The molecule has 8 nitrogen and oxygen atoms in total. The fourth-order valence-corrected chi connectivity index (χ4v) is 4.38. The van der Waals surface area contributed by atoms with E-state index in [9.17, 15) is 19.5 Å². The molecule has 2 aliphatic rings. The number of nitrogens with one attached hydrogen (secondary N) is 1. The highest BCUT2D eigenvalue weighted by molar-refractivity contribution is 5.88. The molecule has 0 radical (unpaired) electrons. The molecule has 3 atom stereocenters. The van der Waals surface area contributed by atoms with E-state index in [0.29, 0.717) is 32.5 Å². The van der Waals surface area contributed by atoms with Crippen molar-refractivity contribution in [1.82, 2.24) is 15.1 Å². The van der Waals surface area contributed by atoms with Crippen molar-refractivity contribution in [3.05, 3.63) is 35.9 Å². The van der Waals surface area contributed by atoms with Gasteiger partial charge in [-0.1, -0.05) is 30.3 Å². The zero-order valence-corrected chi connectivity index (χ0v) is 19.3. The van der Waals surface area contributed by atoms with Crippen molar-refractivity contribution in [3.8, 4) is 0 Å². The van der Waals surface area contributed by atoms with Crippen molar-refractivity contribution < 1.29 is 24.2 Å². The molecule has 2 aliphatic heterocycles. The van der Waals surface area contributed by atoms with Crippen LogP contribution in [0.2, 0.25) is 0 Å². The van der Waals surface area contributed by atoms with E-state index < -0.39 is 29.9 Å². The number of nitrogens with zero attached hydrogens (tertiary/aromatic N) is 2. The summed E-state index contributed by atoms with van der Waals surface area (Å²) in [5.41, 5.74) is 0.199. The second-order valence-electron chi connectivity index (χ2n) is 9.61. The molecule has 2 N–H and O–H groups in total. The average Bonchev–Trinajstić information content (AvgIpc) is 3.43. The Bertz CT molecular complexity index is 802. The lowest BCUT2D eigenvalue weighted by molar-refractivity contribution is -0.146. The molecule has 0 spiro atoms. The van der Waals surface area contributed by atoms with E-state index in [1.807, 2.05) is 30.3 Å². The first-order valence-electron chi connectivity index (χ1n) is 11.5. The molecular formula is C24H35N3O5. The van der Waals surface area contributed by atoms with Crippen LogP contribution in [0.1, 0.15) is 52.0 Å². The van der Waals surface area contributed by atoms with Crippen LogP contribution in [-0.4, -0.2) is 76.2 Å². The quantitative estimate of drug-likeness (QED) is 0.699. The zero-order chi connectivity index (χ0) is 23.3. The van der Waals surface area contributed by atoms with Gasteiger partial charge in [0, 0.05) is 26.1 Å². The Labute approximate surface area is 189 Å². The largest absolute Gasteiger partial charge is 0.444 e. The second kappa shape index (κ2) is 10.3. The molecule has 2 saturated heterocycles. The smallest absolute Gasteiger partial charge is 0.408 e. The third kappa shape index (κ3) is 6.22. The third-order valence-corrected chi connectivity index (χ3v) is 5.89. The summed E-state index contributed by atoms with van der Waals surface area (Å²) in [5, 5.41) is 13.5. The van der Waals surface area contributed by atoms with Gasteiger partial charge in [0.1, 0.15) is 11.6 Å². The third-order valence-electron chi connectivity index (χ3n) is 5.89. The lowest BCUT2D eigenvalue weighted by Crippen LogP contribution is -2.56. The Morgan fingerprint density at radius 3 is 2.34 bits per heavy atom. The van der Waals surface area contributed by atoms with E-state index in [4.69, 9.17) is 4.74 Å². The summed E-state index contributed by atoms with van der Waals surface area (Å²) in [6.07, 6.45) is 1.49. The minimum atomic E-state index is -1.25. The zero-order valence-electron chi connectivity index (χ0n) is 19.3. The Morgan fingerprint density at radius 2 is 1.72 bits per heavy atom. The lowest BCUT2D eigenvalue weighted by atomic mass is 10.0. The first-order chi connectivity index (χ1) is 15.2. The normalized spacial score (nSPS) is 20.7. The van der Waals surface area contributed by atoms with E-state index in [1.165, 1.54) is 0 Å². The maximum atomic E-state index is 13.5. The van der Waals surface area contributed by atoms with Gasteiger partial charge in [0.05, 0.1) is 6.04 Å². The first-order valence-corrected chi connectivity index (χ1v) is 11.5. The van der Waals surface area contributed by atoms with Gasteiger partial charge in [0.25, 0.3) is 5.91 Å². The molecule has 3 amide bonds. The molecule has 3 rings (SSSR count). The molecular weight excluding hydrogens is 410 g/mol. The maximum Gasteiger partial charge on any atom is 0.408 e. The predicted molar refractivity (Wildman–Crippen MR) is 120 cm³/mol. The molecule has 8 heteroatoms. The van der Waals surface area contributed by atoms with Gasteiger partial charge in [-0.15, -0.1) is 0 Å². The Hall–Kier alpha value is -2.61. The maximum absolute atomic E-state index is 13.5. The number of benzene rings is 1. The van der Waals surface area contributed by atoms with Crippen molar-refractivity contribution in [2.45, 2.75) is 76.7 Å². The van der Waals surface area contributed by atoms with E-state index in [2.05, 4.69) is 5.32 Å². The van der Waals surface area contributed by atoms with Gasteiger partial charge in [-0.2, -0.15) is 0 Å². The van der Waals surface area contributed by atoms with E-state index in [-0.39, 0.29) is 18.2 Å². The molecule has 0 saturated carbocycles. The molecule has 1 aromatic carbocycles. The standard InChI is InChI=1S/C24H35N3O5/c1-24(2,3)32-23(31)25-18(16-17-10-5-4-6-11-17)21(29)27-15-9-12-19(27)20(28)22(30)26-13-7-8-14-26/h4-6,10-11,18-20,28H,7-9,12-16H2,1-3H3,(H,25,31)/t18-,19-,20?/m0/s1. The van der Waals surface area contributed by atoms with Crippen molar-refractivity contribution in [3.63, 3.8) is 0 Å². The number of likely N-dealkylation sites (tertiary alicyclic amines) is 2. The number of aliphatic hydroxyl groups excluding tert-OH is 1. The number of carbonyl (C=O) groups is 3. The van der Waals surface area contributed by atoms with Crippen LogP contribution in [0, 0.1) is 0 Å². The number of rotatable bonds is 6. The van der Waals surface area contributed by atoms with Crippen LogP contribution in [0.25, 0.3) is 0 Å². The highest BCUT2D eigenvalue weighted by Crippen LogP contribution is 2.24. The van der Waals surface area contributed by atoms with Crippen LogP contribution in [0.15, 0.2) is 30.3 Å². The topological polar surface area (TPSA) is 99.2 Å². The number of alkyl carbamates (subject to hydrolysis) is 1. The Kier molecular flexibility index (Phi) is 7.77. The number of hydrogen-bond donors (Lipinski definition) is 2. The number of amides is 3. The molecule has 0 aromatic heterocycles. The van der Waals surface area contributed by atoms with Gasteiger partial charge in [-0.05, 0) is 52.0 Å². The molecule has 2 fully saturated rings. The van der Waals surface area contributed by atoms with E-state index in [1.54, 1.807) is 30.6 Å². The summed E-state index contributed by atoms with van der Waals surface area (Å²) in [6.45, 7) is 7.02. The fourth-order valence-electron chi connectivity index (χ4n) is 4.38. The van der Waals surface area contributed by atoms with Crippen molar-refractivity contribution >= 4 is 17.9 Å². The molecule has 1 aromatic rings. The summed E-state index contributed by atoms with van der Waals surface area (Å²) in [5.74, 6) is -0.623. The van der Waals surface area contributed by atoms with Gasteiger partial charge in [-0.25, -0.2) is 4.79 Å². The van der Waals surface area contributed by atoms with Crippen LogP contribution in [0.3, 0.4) is 0 Å². The average molecular weight is 446 g/mol. The highest BCUT2D eigenvalue weighted by atomic mass is 16.6. The van der Waals surface area contributed by atoms with Gasteiger partial charge < -0.3 is 25.0 Å². The number of aliphatic hydroxyl groups is 1. The summed E-state index contributed by atoms with van der Waals surface area (Å²) in [4.78, 5) is 42.0. The Morgan fingerprint density at radius 1 is 1.06 bits per heavy atom. The van der Waals surface area contributed by atoms with Crippen LogP contribution in [-0.2, 0) is 20.7 Å². The monoisotopic (exact) mass is 445 g/mol. The van der Waals surface area contributed by atoms with Gasteiger partial charge in [0.15, 0.2) is 6.10 Å². The second-order valence-corrected chi connectivity index (χ2v) is 9.61. The first kappa shape index (κ1) is 24.0. The SMILES string of the molecule is CC(C)(C)OC(=O)N[C@@H](Cc1ccccc1)C(=O)N1CCC[C@H]1C(O)C(=O)N1CCCC1. The van der Waals surface area contributed by atoms with Gasteiger partial charge >= 0.3 is 6.09 Å². The van der Waals surface area contributed by atoms with Crippen LogP contribution in [0.4, 0.5) is 4.79 Å². The minimum absolute atomic E-state index is 0.290. The van der Waals surface area contributed by atoms with Crippen LogP contribution >= 0.6 is 0 Å². The van der Waals surface area contributed by atoms with Gasteiger partial charge in [-0.3, -0.25) is 9.59 Å². The Balaban J connectivity index is 1.75. The van der Waals surface area contributed by atoms with Crippen LogP contribution < -0.4 is 5.32 Å². The number of carbonyl (C=O) groups excluding carboxylic acids is 3. The van der Waals surface area contributed by atoms with E-state index in [0.717, 1.165) is 18.4 Å². The van der Waals surface area contributed by atoms with Crippen LogP contribution in [0.5, 0.6) is 0 Å². The van der Waals surface area contributed by atoms with Crippen molar-refractivity contribution in [2.24, 2.45) is 0 Å². The minimum Gasteiger partial charge on any atom is -0.444 e. The lowest BCUT2D eigenvalue weighted by Gasteiger charge is -2.33. The molecule has 1 unspecified atom stereocenters. The number of ether oxygens (including phenoxy) is 1. The summed E-state index contributed by atoms with van der Waals surface area (Å²) >= 11 is 0. The van der Waals surface area contributed by atoms with Crippen molar-refractivity contribution in [1.29, 1.82) is 0 Å². The fraction of sp³-hybridized carbons (Fsp3) is 0.625. The predicted octanol–water partition coefficient (Wildman–Crippen LogP) is 2.10. The molecule has 2 heterocycles. The molecule has 176 valence electrons. The summed E-state index contributed by atoms with van der Waals surface area (Å²) in [6, 6.07) is 7.98. The summed E-state index contributed by atoms with van der Waals surface area (Å²) in [7, 11) is 0. The van der Waals surface area contributed by atoms with Gasteiger partial charge in [0.2, 0.25) is 5.91 Å². The molecule has 32 heavy (non-hydrogen) atoms. The van der Waals surface area contributed by atoms with E-state index >= 15 is 0 Å². The number of hydrogen-bond acceptors (Lipinski definition) is 5. The highest BCUT2D eigenvalue weighted by Gasteiger charge is 2.41. The molecule has 0 aliphatic carbocycles. The molecule has 0 bridgehead atoms. The summed E-state index contributed by atoms with van der Waals surface area (Å²) < 4.78 is 5.37. The van der Waals surface area contributed by atoms with Crippen molar-refractivity contribution in [2.75, 3.05) is 19.6 Å².